The van der Waals surface area contributed by atoms with E-state index in [9.17, 15) is 0 Å². The Balaban J connectivity index is 0.00000529. The van der Waals surface area contributed by atoms with Gasteiger partial charge in [-0.15, -0.1) is 35.3 Å². The van der Waals surface area contributed by atoms with Crippen molar-refractivity contribution in [2.24, 2.45) is 4.99 Å². The summed E-state index contributed by atoms with van der Waals surface area (Å²) in [5.41, 5.74) is 1.15. The first kappa shape index (κ1) is 23.6. The smallest absolute Gasteiger partial charge is 0.190 e. The zero-order valence-electron chi connectivity index (χ0n) is 15.9. The van der Waals surface area contributed by atoms with Crippen LogP contribution in [-0.4, -0.2) is 54.6 Å². The molecule has 0 aromatic carbocycles. The molecule has 1 aromatic rings. The summed E-state index contributed by atoms with van der Waals surface area (Å²) >= 11 is 1.70. The van der Waals surface area contributed by atoms with Crippen LogP contribution in [0, 0.1) is 6.92 Å². The van der Waals surface area contributed by atoms with Crippen molar-refractivity contribution >= 4 is 41.3 Å². The summed E-state index contributed by atoms with van der Waals surface area (Å²) in [5, 5.41) is 9.99. The molecule has 0 bridgehead atoms. The van der Waals surface area contributed by atoms with E-state index in [2.05, 4.69) is 58.6 Å². The Bertz CT molecular complexity index is 465. The minimum absolute atomic E-state index is 0. The fourth-order valence-electron chi connectivity index (χ4n) is 2.63. The summed E-state index contributed by atoms with van der Waals surface area (Å²) in [6, 6.07) is 1.18. The highest BCUT2D eigenvalue weighted by atomic mass is 127. The number of nitrogens with zero attached hydrogens (tertiary/aromatic N) is 3. The molecular weight excluding hydrogens is 433 g/mol. The predicted molar refractivity (Wildman–Crippen MR) is 117 cm³/mol. The summed E-state index contributed by atoms with van der Waals surface area (Å²) < 4.78 is 0. The molecule has 0 aliphatic rings. The Morgan fingerprint density at radius 2 is 1.83 bits per heavy atom. The molecule has 0 radical (unpaired) electrons. The van der Waals surface area contributed by atoms with Crippen molar-refractivity contribution in [3.63, 3.8) is 0 Å². The van der Waals surface area contributed by atoms with Crippen molar-refractivity contribution < 1.29 is 0 Å². The van der Waals surface area contributed by atoms with Gasteiger partial charge in [-0.05, 0) is 41.0 Å². The van der Waals surface area contributed by atoms with Crippen molar-refractivity contribution in [2.75, 3.05) is 26.7 Å². The number of halogens is 1. The molecule has 1 aromatic heterocycles. The minimum atomic E-state index is 0. The van der Waals surface area contributed by atoms with E-state index in [0.717, 1.165) is 49.1 Å². The van der Waals surface area contributed by atoms with E-state index in [1.165, 1.54) is 0 Å². The second kappa shape index (κ2) is 12.9. The van der Waals surface area contributed by atoms with Crippen LogP contribution in [0.15, 0.2) is 10.4 Å². The van der Waals surface area contributed by atoms with E-state index < -0.39 is 0 Å². The van der Waals surface area contributed by atoms with Gasteiger partial charge in [-0.2, -0.15) is 0 Å². The quantitative estimate of drug-likeness (QED) is 0.253. The number of thiazole rings is 1. The van der Waals surface area contributed by atoms with Crippen LogP contribution in [0.5, 0.6) is 0 Å². The largest absolute Gasteiger partial charge is 0.356 e. The summed E-state index contributed by atoms with van der Waals surface area (Å²) in [7, 11) is 1.82. The highest BCUT2D eigenvalue weighted by molar-refractivity contribution is 14.0. The number of aryl methyl sites for hydroxylation is 1. The molecule has 0 atom stereocenters. The van der Waals surface area contributed by atoms with E-state index in [1.807, 2.05) is 14.0 Å². The Labute approximate surface area is 168 Å². The third-order valence-corrected chi connectivity index (χ3v) is 4.60. The molecule has 24 heavy (non-hydrogen) atoms. The minimum Gasteiger partial charge on any atom is -0.356 e. The zero-order valence-corrected chi connectivity index (χ0v) is 19.1. The molecule has 0 saturated carbocycles. The van der Waals surface area contributed by atoms with Crippen LogP contribution in [0.4, 0.5) is 0 Å². The third-order valence-electron chi connectivity index (χ3n) is 3.78. The van der Waals surface area contributed by atoms with Crippen molar-refractivity contribution in [1.82, 2.24) is 20.5 Å². The van der Waals surface area contributed by atoms with Crippen LogP contribution < -0.4 is 10.6 Å². The third kappa shape index (κ3) is 9.17. The summed E-state index contributed by atoms with van der Waals surface area (Å²) in [6.07, 6.45) is 2.04. The first-order valence-electron chi connectivity index (χ1n) is 8.55. The Kier molecular flexibility index (Phi) is 12.7. The average Bonchev–Trinajstić information content (AvgIpc) is 2.89. The fraction of sp³-hybridized carbons (Fsp3) is 0.765. The summed E-state index contributed by atoms with van der Waals surface area (Å²) in [5.74, 6) is 0.873. The zero-order chi connectivity index (χ0) is 17.2. The topological polar surface area (TPSA) is 52.6 Å². The molecule has 0 spiro atoms. The standard InChI is InChI=1S/C17H33N5S.HI/c1-13(2)22(14(3)4)11-7-9-19-17(18-6)20-10-8-16-12-23-15(5)21-16;/h12-14H,7-11H2,1-6H3,(H2,18,19,20);1H. The monoisotopic (exact) mass is 467 g/mol. The van der Waals surface area contributed by atoms with E-state index in [0.29, 0.717) is 12.1 Å². The lowest BCUT2D eigenvalue weighted by molar-refractivity contribution is 0.173. The summed E-state index contributed by atoms with van der Waals surface area (Å²) in [6.45, 7) is 14.0. The van der Waals surface area contributed by atoms with Crippen LogP contribution in [0.1, 0.15) is 44.8 Å². The van der Waals surface area contributed by atoms with Gasteiger partial charge in [0.15, 0.2) is 5.96 Å². The maximum absolute atomic E-state index is 4.47. The first-order chi connectivity index (χ1) is 10.9. The number of aliphatic imine (C=N–C) groups is 1. The Hall–Kier alpha value is -0.410. The van der Waals surface area contributed by atoms with E-state index in [-0.39, 0.29) is 24.0 Å². The molecule has 1 rings (SSSR count). The molecule has 0 aliphatic heterocycles. The van der Waals surface area contributed by atoms with Crippen LogP contribution in [0.25, 0.3) is 0 Å². The molecule has 2 N–H and O–H groups in total. The summed E-state index contributed by atoms with van der Waals surface area (Å²) in [4.78, 5) is 11.3. The lowest BCUT2D eigenvalue weighted by Crippen LogP contribution is -2.41. The van der Waals surface area contributed by atoms with E-state index in [4.69, 9.17) is 0 Å². The van der Waals surface area contributed by atoms with Crippen molar-refractivity contribution in [3.8, 4) is 0 Å². The maximum Gasteiger partial charge on any atom is 0.190 e. The number of rotatable bonds is 9. The van der Waals surface area contributed by atoms with Crippen molar-refractivity contribution in [1.29, 1.82) is 0 Å². The van der Waals surface area contributed by atoms with Gasteiger partial charge in [0.25, 0.3) is 0 Å². The highest BCUT2D eigenvalue weighted by Gasteiger charge is 2.12. The molecule has 0 aliphatic carbocycles. The SMILES string of the molecule is CN=C(NCCCN(C(C)C)C(C)C)NCCc1csc(C)n1.I. The van der Waals surface area contributed by atoms with E-state index >= 15 is 0 Å². The lowest BCUT2D eigenvalue weighted by Gasteiger charge is -2.30. The highest BCUT2D eigenvalue weighted by Crippen LogP contribution is 2.07. The molecule has 0 amide bonds. The normalized spacial score (nSPS) is 12.0. The van der Waals surface area contributed by atoms with Crippen LogP contribution in [0.3, 0.4) is 0 Å². The fourth-order valence-corrected chi connectivity index (χ4v) is 3.28. The average molecular weight is 467 g/mol. The molecule has 0 saturated heterocycles. The molecule has 5 nitrogen and oxygen atoms in total. The lowest BCUT2D eigenvalue weighted by atomic mass is 10.2. The molecule has 0 fully saturated rings. The molecule has 1 heterocycles. The Morgan fingerprint density at radius 1 is 1.21 bits per heavy atom. The number of guanidine groups is 1. The van der Waals surface area contributed by atoms with Gasteiger partial charge in [0.2, 0.25) is 0 Å². The van der Waals surface area contributed by atoms with E-state index in [1.54, 1.807) is 11.3 Å². The van der Waals surface area contributed by atoms with Gasteiger partial charge in [-0.25, -0.2) is 4.98 Å². The number of aromatic nitrogens is 1. The van der Waals surface area contributed by atoms with Gasteiger partial charge >= 0.3 is 0 Å². The molecular formula is C17H34IN5S. The van der Waals surface area contributed by atoms with Crippen LogP contribution in [0.2, 0.25) is 0 Å². The first-order valence-corrected chi connectivity index (χ1v) is 9.43. The van der Waals surface area contributed by atoms with Crippen molar-refractivity contribution in [2.45, 2.75) is 59.5 Å². The van der Waals surface area contributed by atoms with Crippen LogP contribution in [-0.2, 0) is 6.42 Å². The van der Waals surface area contributed by atoms with Gasteiger partial charge in [-0.3, -0.25) is 9.89 Å². The van der Waals surface area contributed by atoms with Gasteiger partial charge in [0.05, 0.1) is 10.7 Å². The van der Waals surface area contributed by atoms with Gasteiger partial charge < -0.3 is 10.6 Å². The second-order valence-electron chi connectivity index (χ2n) is 6.31. The molecule has 7 heteroatoms. The van der Waals surface area contributed by atoms with Gasteiger partial charge in [0.1, 0.15) is 0 Å². The number of nitrogens with one attached hydrogen (secondary N) is 2. The van der Waals surface area contributed by atoms with Gasteiger partial charge in [-0.1, -0.05) is 0 Å². The Morgan fingerprint density at radius 3 is 2.33 bits per heavy atom. The molecule has 0 unspecified atom stereocenters. The molecule has 140 valence electrons. The number of hydrogen-bond acceptors (Lipinski definition) is 4. The van der Waals surface area contributed by atoms with Gasteiger partial charge in [0, 0.05) is 50.6 Å². The van der Waals surface area contributed by atoms with Crippen molar-refractivity contribution in [3.05, 3.63) is 16.1 Å². The predicted octanol–water partition coefficient (Wildman–Crippen LogP) is 3.29. The van der Waals surface area contributed by atoms with Crippen LogP contribution >= 0.6 is 35.3 Å². The number of hydrogen-bond donors (Lipinski definition) is 2. The maximum atomic E-state index is 4.47. The second-order valence-corrected chi connectivity index (χ2v) is 7.37.